The molecule has 0 atom stereocenters. The maximum Gasteiger partial charge on any atom is 0.0644 e. The summed E-state index contributed by atoms with van der Waals surface area (Å²) in [5, 5.41) is 0. The summed E-state index contributed by atoms with van der Waals surface area (Å²) in [7, 11) is 2.05. The first-order chi connectivity index (χ1) is 12.3. The van der Waals surface area contributed by atoms with Crippen LogP contribution in [-0.4, -0.2) is 7.05 Å². The Hall–Kier alpha value is -2.94. The van der Waals surface area contributed by atoms with Crippen molar-refractivity contribution < 1.29 is 0 Å². The highest BCUT2D eigenvalue weighted by Gasteiger charge is 2.16. The molecule has 0 amide bonds. The number of benzene rings is 3. The van der Waals surface area contributed by atoms with Crippen LogP contribution in [0.25, 0.3) is 11.1 Å². The largest absolute Gasteiger partial charge is 0.398 e. The minimum atomic E-state index is 0.815. The molecule has 3 aromatic rings. The Bertz CT molecular complexity index is 973. The second-order valence-corrected chi connectivity index (χ2v) is 6.99. The summed E-state index contributed by atoms with van der Waals surface area (Å²) >= 11 is 0. The number of nitrogen functional groups attached to an aromatic ring is 2. The van der Waals surface area contributed by atoms with Crippen LogP contribution < -0.4 is 16.4 Å². The van der Waals surface area contributed by atoms with E-state index in [4.69, 9.17) is 11.5 Å². The third-order valence-electron chi connectivity index (χ3n) is 5.47. The van der Waals surface area contributed by atoms with Crippen LogP contribution in [0.1, 0.15) is 22.3 Å². The first kappa shape index (κ1) is 17.9. The molecule has 0 fully saturated rings. The lowest BCUT2D eigenvalue weighted by molar-refractivity contribution is 1.20. The monoisotopic (exact) mass is 345 g/mol. The summed E-state index contributed by atoms with van der Waals surface area (Å²) in [6.07, 6.45) is 0. The number of aryl methyl sites for hydroxylation is 2. The highest BCUT2D eigenvalue weighted by atomic mass is 15.1. The molecule has 0 radical (unpaired) electrons. The molecule has 0 aliphatic heterocycles. The molecule has 0 unspecified atom stereocenters. The molecule has 3 heteroatoms. The summed E-state index contributed by atoms with van der Waals surface area (Å²) in [6.45, 7) is 8.31. The first-order valence-electron chi connectivity index (χ1n) is 8.87. The van der Waals surface area contributed by atoms with Crippen molar-refractivity contribution >= 4 is 22.7 Å². The van der Waals surface area contributed by atoms with Crippen LogP contribution in [0.4, 0.5) is 22.7 Å². The number of rotatable bonds is 3. The molecule has 0 bridgehead atoms. The summed E-state index contributed by atoms with van der Waals surface area (Å²) in [5.41, 5.74) is 23.4. The van der Waals surface area contributed by atoms with E-state index in [2.05, 4.69) is 76.0 Å². The Morgan fingerprint density at radius 3 is 1.88 bits per heavy atom. The van der Waals surface area contributed by atoms with E-state index >= 15 is 0 Å². The molecular weight excluding hydrogens is 318 g/mol. The van der Waals surface area contributed by atoms with Crippen LogP contribution >= 0.6 is 0 Å². The van der Waals surface area contributed by atoms with Crippen LogP contribution in [0.15, 0.2) is 48.5 Å². The van der Waals surface area contributed by atoms with E-state index in [0.717, 1.165) is 45.0 Å². The molecule has 0 saturated heterocycles. The number of nitrogens with zero attached hydrogens (tertiary/aromatic N) is 1. The fourth-order valence-electron chi connectivity index (χ4n) is 3.31. The van der Waals surface area contributed by atoms with Crippen molar-refractivity contribution in [2.24, 2.45) is 0 Å². The molecule has 0 spiro atoms. The van der Waals surface area contributed by atoms with Gasteiger partial charge in [0.15, 0.2) is 0 Å². The van der Waals surface area contributed by atoms with Crippen molar-refractivity contribution in [1.82, 2.24) is 0 Å². The SMILES string of the molecule is Cc1ccc(-c2ccccc2N(C)c2ccc(C)c(C)c2N)c(N)c1C. The predicted octanol–water partition coefficient (Wildman–Crippen LogP) is 5.52. The molecule has 3 rings (SSSR count). The molecule has 0 aliphatic rings. The summed E-state index contributed by atoms with van der Waals surface area (Å²) in [6, 6.07) is 16.7. The third-order valence-corrected chi connectivity index (χ3v) is 5.47. The smallest absolute Gasteiger partial charge is 0.0644 e. The van der Waals surface area contributed by atoms with Gasteiger partial charge in [-0.1, -0.05) is 36.4 Å². The van der Waals surface area contributed by atoms with E-state index in [0.29, 0.717) is 0 Å². The van der Waals surface area contributed by atoms with Gasteiger partial charge in [0.1, 0.15) is 0 Å². The molecular formula is C23H27N3. The van der Waals surface area contributed by atoms with Crippen LogP contribution in [0.5, 0.6) is 0 Å². The van der Waals surface area contributed by atoms with E-state index in [1.165, 1.54) is 11.1 Å². The van der Waals surface area contributed by atoms with Gasteiger partial charge in [0.2, 0.25) is 0 Å². The van der Waals surface area contributed by atoms with Crippen molar-refractivity contribution in [1.29, 1.82) is 0 Å². The minimum Gasteiger partial charge on any atom is -0.398 e. The Morgan fingerprint density at radius 1 is 0.615 bits per heavy atom. The van der Waals surface area contributed by atoms with Gasteiger partial charge < -0.3 is 16.4 Å². The van der Waals surface area contributed by atoms with E-state index in [9.17, 15) is 0 Å². The number of hydrogen-bond acceptors (Lipinski definition) is 3. The van der Waals surface area contributed by atoms with Crippen LogP contribution in [-0.2, 0) is 0 Å². The highest BCUT2D eigenvalue weighted by Crippen LogP contribution is 2.40. The van der Waals surface area contributed by atoms with Gasteiger partial charge in [0.05, 0.1) is 11.4 Å². The molecule has 4 N–H and O–H groups in total. The zero-order valence-electron chi connectivity index (χ0n) is 16.2. The maximum atomic E-state index is 6.45. The first-order valence-corrected chi connectivity index (χ1v) is 8.87. The van der Waals surface area contributed by atoms with Gasteiger partial charge >= 0.3 is 0 Å². The van der Waals surface area contributed by atoms with Gasteiger partial charge in [0.25, 0.3) is 0 Å². The van der Waals surface area contributed by atoms with Crippen molar-refractivity contribution in [2.75, 3.05) is 23.4 Å². The Kier molecular flexibility index (Phi) is 4.64. The Balaban J connectivity index is 2.17. The lowest BCUT2D eigenvalue weighted by Crippen LogP contribution is -2.14. The van der Waals surface area contributed by atoms with Crippen molar-refractivity contribution in [3.05, 3.63) is 70.8 Å². The third kappa shape index (κ3) is 2.90. The standard InChI is InChI=1S/C23H27N3/c1-14-10-12-19(22(24)16(14)3)18-8-6-7-9-20(18)26(5)21-13-11-15(2)17(4)23(21)25/h6-13H,24-25H2,1-5H3. The van der Waals surface area contributed by atoms with E-state index in [1.807, 2.05) is 12.1 Å². The molecule has 0 aliphatic carbocycles. The van der Waals surface area contributed by atoms with Crippen LogP contribution in [0, 0.1) is 27.7 Å². The molecule has 0 heterocycles. The molecule has 3 nitrogen and oxygen atoms in total. The van der Waals surface area contributed by atoms with Gasteiger partial charge in [-0.05, 0) is 62.1 Å². The van der Waals surface area contributed by atoms with Gasteiger partial charge in [-0.2, -0.15) is 0 Å². The van der Waals surface area contributed by atoms with Crippen LogP contribution in [0.2, 0.25) is 0 Å². The average molecular weight is 345 g/mol. The predicted molar refractivity (Wildman–Crippen MR) is 114 cm³/mol. The van der Waals surface area contributed by atoms with Gasteiger partial charge in [-0.15, -0.1) is 0 Å². The average Bonchev–Trinajstić information content (AvgIpc) is 2.64. The minimum absolute atomic E-state index is 0.815. The highest BCUT2D eigenvalue weighted by molar-refractivity contribution is 5.90. The second-order valence-electron chi connectivity index (χ2n) is 6.99. The molecule has 0 saturated carbocycles. The topological polar surface area (TPSA) is 55.3 Å². The normalized spacial score (nSPS) is 10.8. The van der Waals surface area contributed by atoms with E-state index < -0.39 is 0 Å². The molecule has 26 heavy (non-hydrogen) atoms. The van der Waals surface area contributed by atoms with Crippen molar-refractivity contribution in [3.8, 4) is 11.1 Å². The summed E-state index contributed by atoms with van der Waals surface area (Å²) in [5.74, 6) is 0. The van der Waals surface area contributed by atoms with Crippen molar-refractivity contribution in [3.63, 3.8) is 0 Å². The van der Waals surface area contributed by atoms with Gasteiger partial charge in [-0.25, -0.2) is 0 Å². The van der Waals surface area contributed by atoms with Gasteiger partial charge in [-0.3, -0.25) is 0 Å². The zero-order valence-corrected chi connectivity index (χ0v) is 16.2. The number of anilines is 4. The second kappa shape index (κ2) is 6.75. The van der Waals surface area contributed by atoms with Gasteiger partial charge in [0, 0.05) is 29.5 Å². The lowest BCUT2D eigenvalue weighted by Gasteiger charge is -2.26. The number of para-hydroxylation sites is 1. The van der Waals surface area contributed by atoms with E-state index in [1.54, 1.807) is 0 Å². The summed E-state index contributed by atoms with van der Waals surface area (Å²) in [4.78, 5) is 2.14. The maximum absolute atomic E-state index is 6.45. The molecule has 3 aromatic carbocycles. The number of hydrogen-bond donors (Lipinski definition) is 2. The lowest BCUT2D eigenvalue weighted by atomic mass is 9.96. The zero-order chi connectivity index (χ0) is 19.0. The summed E-state index contributed by atoms with van der Waals surface area (Å²) < 4.78 is 0. The van der Waals surface area contributed by atoms with E-state index in [-0.39, 0.29) is 0 Å². The van der Waals surface area contributed by atoms with Crippen LogP contribution in [0.3, 0.4) is 0 Å². The quantitative estimate of drug-likeness (QED) is 0.615. The molecule has 134 valence electrons. The fourth-order valence-corrected chi connectivity index (χ4v) is 3.31. The number of nitrogens with two attached hydrogens (primary N) is 2. The molecule has 0 aromatic heterocycles. The Morgan fingerprint density at radius 2 is 1.19 bits per heavy atom. The fraction of sp³-hybridized carbons (Fsp3) is 0.217. The Labute approximate surface area is 156 Å². The van der Waals surface area contributed by atoms with Crippen molar-refractivity contribution in [2.45, 2.75) is 27.7 Å².